The second-order valence-electron chi connectivity index (χ2n) is 4.96. The van der Waals surface area contributed by atoms with Crippen molar-refractivity contribution in [2.45, 2.75) is 37.4 Å². The van der Waals surface area contributed by atoms with Gasteiger partial charge in [-0.1, -0.05) is 18.2 Å². The second-order valence-corrected chi connectivity index (χ2v) is 4.96. The minimum Gasteiger partial charge on any atom is -0.326 e. The van der Waals surface area contributed by atoms with E-state index in [1.807, 2.05) is 12.1 Å². The molecule has 1 aliphatic heterocycles. The monoisotopic (exact) mass is 220 g/mol. The quantitative estimate of drug-likeness (QED) is 0.826. The molecule has 3 rings (SSSR count). The third-order valence-corrected chi connectivity index (χ3v) is 3.65. The molecule has 1 aliphatic carbocycles. The fourth-order valence-electron chi connectivity index (χ4n) is 2.76. The molecule has 16 heavy (non-hydrogen) atoms. The van der Waals surface area contributed by atoms with Crippen LogP contribution in [0.4, 0.5) is 4.39 Å². The van der Waals surface area contributed by atoms with Crippen LogP contribution in [0.15, 0.2) is 24.3 Å². The zero-order chi connectivity index (χ0) is 11.1. The first kappa shape index (κ1) is 10.2. The highest BCUT2D eigenvalue weighted by Crippen LogP contribution is 2.40. The summed E-state index contributed by atoms with van der Waals surface area (Å²) in [6, 6.07) is 8.15. The number of likely N-dealkylation sites (tertiary alicyclic amines) is 1. The Morgan fingerprint density at radius 2 is 2.00 bits per heavy atom. The van der Waals surface area contributed by atoms with E-state index in [-0.39, 0.29) is 17.9 Å². The number of rotatable bonds is 2. The molecule has 1 heterocycles. The molecule has 1 saturated heterocycles. The average molecular weight is 220 g/mol. The SMILES string of the molecule is NC1CC(c2ccccc2F)N(C2CC2)C1. The van der Waals surface area contributed by atoms with E-state index in [1.165, 1.54) is 12.8 Å². The van der Waals surface area contributed by atoms with Crippen LogP contribution in [-0.4, -0.2) is 23.5 Å². The Bertz CT molecular complexity index is 389. The van der Waals surface area contributed by atoms with Gasteiger partial charge in [0, 0.05) is 30.2 Å². The van der Waals surface area contributed by atoms with E-state index in [4.69, 9.17) is 5.73 Å². The van der Waals surface area contributed by atoms with Crippen molar-refractivity contribution in [1.82, 2.24) is 4.90 Å². The van der Waals surface area contributed by atoms with Crippen LogP contribution in [0.5, 0.6) is 0 Å². The van der Waals surface area contributed by atoms with Crippen molar-refractivity contribution in [3.8, 4) is 0 Å². The molecule has 2 unspecified atom stereocenters. The molecule has 3 heteroatoms. The predicted molar refractivity (Wildman–Crippen MR) is 61.5 cm³/mol. The molecule has 1 saturated carbocycles. The number of benzene rings is 1. The van der Waals surface area contributed by atoms with Crippen molar-refractivity contribution < 1.29 is 4.39 Å². The number of hydrogen-bond donors (Lipinski definition) is 1. The molecule has 86 valence electrons. The lowest BCUT2D eigenvalue weighted by Gasteiger charge is -2.24. The van der Waals surface area contributed by atoms with Crippen molar-refractivity contribution in [1.29, 1.82) is 0 Å². The van der Waals surface area contributed by atoms with E-state index in [9.17, 15) is 4.39 Å². The Morgan fingerprint density at radius 1 is 1.25 bits per heavy atom. The minimum atomic E-state index is -0.0905. The Kier molecular flexibility index (Phi) is 2.45. The highest BCUT2D eigenvalue weighted by atomic mass is 19.1. The first-order chi connectivity index (χ1) is 7.75. The lowest BCUT2D eigenvalue weighted by Crippen LogP contribution is -2.29. The third-order valence-electron chi connectivity index (χ3n) is 3.65. The van der Waals surface area contributed by atoms with Crippen LogP contribution in [-0.2, 0) is 0 Å². The molecule has 1 aromatic carbocycles. The molecule has 0 amide bonds. The Morgan fingerprint density at radius 3 is 2.69 bits per heavy atom. The van der Waals surface area contributed by atoms with Crippen molar-refractivity contribution >= 4 is 0 Å². The van der Waals surface area contributed by atoms with E-state index in [0.717, 1.165) is 18.5 Å². The molecular formula is C13H17FN2. The predicted octanol–water partition coefficient (Wildman–Crippen LogP) is 2.06. The Labute approximate surface area is 95.2 Å². The van der Waals surface area contributed by atoms with Gasteiger partial charge in [0.25, 0.3) is 0 Å². The minimum absolute atomic E-state index is 0.0905. The molecule has 2 nitrogen and oxygen atoms in total. The van der Waals surface area contributed by atoms with E-state index >= 15 is 0 Å². The van der Waals surface area contributed by atoms with Gasteiger partial charge >= 0.3 is 0 Å². The maximum Gasteiger partial charge on any atom is 0.127 e. The lowest BCUT2D eigenvalue weighted by atomic mass is 10.0. The fraction of sp³-hybridized carbons (Fsp3) is 0.538. The van der Waals surface area contributed by atoms with Gasteiger partial charge in [-0.25, -0.2) is 4.39 Å². The van der Waals surface area contributed by atoms with Gasteiger partial charge in [-0.15, -0.1) is 0 Å². The third kappa shape index (κ3) is 1.74. The largest absolute Gasteiger partial charge is 0.326 e. The molecule has 1 aromatic rings. The van der Waals surface area contributed by atoms with Crippen LogP contribution in [0.1, 0.15) is 30.9 Å². The van der Waals surface area contributed by atoms with Gasteiger partial charge in [0.15, 0.2) is 0 Å². The number of hydrogen-bond acceptors (Lipinski definition) is 2. The number of nitrogens with zero attached hydrogens (tertiary/aromatic N) is 1. The normalized spacial score (nSPS) is 30.9. The van der Waals surface area contributed by atoms with Crippen LogP contribution in [0.3, 0.4) is 0 Å². The van der Waals surface area contributed by atoms with Gasteiger partial charge in [0.2, 0.25) is 0 Å². The van der Waals surface area contributed by atoms with Gasteiger partial charge in [0.05, 0.1) is 0 Å². The summed E-state index contributed by atoms with van der Waals surface area (Å²) in [6.45, 7) is 0.920. The fourth-order valence-corrected chi connectivity index (χ4v) is 2.76. The van der Waals surface area contributed by atoms with Gasteiger partial charge < -0.3 is 5.73 Å². The molecule has 0 radical (unpaired) electrons. The van der Waals surface area contributed by atoms with Crippen LogP contribution in [0.2, 0.25) is 0 Å². The summed E-state index contributed by atoms with van der Waals surface area (Å²) in [7, 11) is 0. The molecule has 2 fully saturated rings. The summed E-state index contributed by atoms with van der Waals surface area (Å²) in [6.07, 6.45) is 3.38. The highest BCUT2D eigenvalue weighted by molar-refractivity contribution is 5.23. The number of nitrogens with two attached hydrogens (primary N) is 1. The van der Waals surface area contributed by atoms with E-state index in [1.54, 1.807) is 12.1 Å². The van der Waals surface area contributed by atoms with Crippen LogP contribution in [0, 0.1) is 5.82 Å². The zero-order valence-electron chi connectivity index (χ0n) is 9.27. The summed E-state index contributed by atoms with van der Waals surface area (Å²) in [5.74, 6) is -0.0905. The summed E-state index contributed by atoms with van der Waals surface area (Å²) < 4.78 is 13.8. The zero-order valence-corrected chi connectivity index (χ0v) is 9.27. The first-order valence-corrected chi connectivity index (χ1v) is 6.01. The molecule has 0 bridgehead atoms. The van der Waals surface area contributed by atoms with Crippen LogP contribution >= 0.6 is 0 Å². The molecule has 0 aromatic heterocycles. The smallest absolute Gasteiger partial charge is 0.127 e. The van der Waals surface area contributed by atoms with E-state index in [0.29, 0.717) is 6.04 Å². The Hall–Kier alpha value is -0.930. The maximum absolute atomic E-state index is 13.8. The van der Waals surface area contributed by atoms with Crippen molar-refractivity contribution in [3.05, 3.63) is 35.6 Å². The summed E-state index contributed by atoms with van der Waals surface area (Å²) in [5, 5.41) is 0. The second kappa shape index (κ2) is 3.82. The standard InChI is InChI=1S/C13H17FN2/c14-12-4-2-1-3-11(12)13-7-9(15)8-16(13)10-5-6-10/h1-4,9-10,13H,5-8,15H2. The van der Waals surface area contributed by atoms with Crippen LogP contribution in [0.25, 0.3) is 0 Å². The average Bonchev–Trinajstić information content (AvgIpc) is 3.03. The molecule has 2 N–H and O–H groups in total. The molecule has 0 spiro atoms. The highest BCUT2D eigenvalue weighted by Gasteiger charge is 2.40. The topological polar surface area (TPSA) is 29.3 Å². The van der Waals surface area contributed by atoms with Crippen LogP contribution < -0.4 is 5.73 Å². The molecule has 2 aliphatic rings. The van der Waals surface area contributed by atoms with Gasteiger partial charge in [-0.05, 0) is 25.3 Å². The van der Waals surface area contributed by atoms with Gasteiger partial charge in [0.1, 0.15) is 5.82 Å². The molecular weight excluding hydrogens is 203 g/mol. The number of halogens is 1. The van der Waals surface area contributed by atoms with Crippen molar-refractivity contribution in [3.63, 3.8) is 0 Å². The Balaban J connectivity index is 1.90. The van der Waals surface area contributed by atoms with Gasteiger partial charge in [-0.2, -0.15) is 0 Å². The van der Waals surface area contributed by atoms with Gasteiger partial charge in [-0.3, -0.25) is 4.90 Å². The summed E-state index contributed by atoms with van der Waals surface area (Å²) in [4.78, 5) is 2.39. The van der Waals surface area contributed by atoms with Crippen molar-refractivity contribution in [2.24, 2.45) is 5.73 Å². The maximum atomic E-state index is 13.8. The van der Waals surface area contributed by atoms with E-state index < -0.39 is 0 Å². The lowest BCUT2D eigenvalue weighted by molar-refractivity contribution is 0.241. The van der Waals surface area contributed by atoms with Crippen molar-refractivity contribution in [2.75, 3.05) is 6.54 Å². The van der Waals surface area contributed by atoms with E-state index in [2.05, 4.69) is 4.90 Å². The first-order valence-electron chi connectivity index (χ1n) is 6.01. The molecule has 2 atom stereocenters. The summed E-state index contributed by atoms with van der Waals surface area (Å²) in [5.41, 5.74) is 6.83. The summed E-state index contributed by atoms with van der Waals surface area (Å²) >= 11 is 0.